The maximum Gasteiger partial charge on any atom is 0.523 e. The summed E-state index contributed by atoms with van der Waals surface area (Å²) in [5, 5.41) is 2.10. The number of nitrogens with one attached hydrogen (secondary N) is 1. The van der Waals surface area contributed by atoms with E-state index in [1.54, 1.807) is 0 Å². The van der Waals surface area contributed by atoms with E-state index in [4.69, 9.17) is 9.47 Å². The average molecular weight is 391 g/mol. The molecule has 0 spiro atoms. The lowest BCUT2D eigenvalue weighted by molar-refractivity contribution is -0.164. The molecule has 0 aromatic heterocycles. The molecule has 146 valence electrons. The fourth-order valence-corrected chi connectivity index (χ4v) is 2.74. The molecule has 0 bridgehead atoms. The van der Waals surface area contributed by atoms with Crippen molar-refractivity contribution in [3.8, 4) is 0 Å². The van der Waals surface area contributed by atoms with Crippen LogP contribution in [0.15, 0.2) is 0 Å². The van der Waals surface area contributed by atoms with E-state index in [1.165, 1.54) is 27.7 Å². The normalized spacial score (nSPS) is 24.2. The molecule has 1 aliphatic rings. The first-order chi connectivity index (χ1) is 11.1. The Bertz CT molecular complexity index is 627. The predicted molar refractivity (Wildman–Crippen MR) is 77.8 cm³/mol. The van der Waals surface area contributed by atoms with Crippen molar-refractivity contribution in [2.75, 3.05) is 6.61 Å². The predicted octanol–water partition coefficient (Wildman–Crippen LogP) is 1.84. The number of halogens is 3. The van der Waals surface area contributed by atoms with Crippen molar-refractivity contribution in [1.82, 2.24) is 5.32 Å². The number of amides is 1. The maximum absolute atomic E-state index is 12.5. The van der Waals surface area contributed by atoms with Crippen molar-refractivity contribution in [3.63, 3.8) is 0 Å². The summed E-state index contributed by atoms with van der Waals surface area (Å²) >= 11 is 0. The van der Waals surface area contributed by atoms with Crippen LogP contribution in [-0.4, -0.2) is 49.8 Å². The van der Waals surface area contributed by atoms with Gasteiger partial charge in [0, 0.05) is 0 Å². The van der Waals surface area contributed by atoms with Crippen LogP contribution in [0.4, 0.5) is 18.0 Å². The second-order valence-corrected chi connectivity index (χ2v) is 7.91. The molecule has 2 unspecified atom stereocenters. The highest BCUT2D eigenvalue weighted by atomic mass is 32.2. The molecule has 8 nitrogen and oxygen atoms in total. The van der Waals surface area contributed by atoms with Gasteiger partial charge in [0.2, 0.25) is 0 Å². The highest BCUT2D eigenvalue weighted by Crippen LogP contribution is 2.40. The number of rotatable bonds is 5. The van der Waals surface area contributed by atoms with Crippen molar-refractivity contribution in [2.45, 2.75) is 63.3 Å². The van der Waals surface area contributed by atoms with Crippen LogP contribution in [0.2, 0.25) is 0 Å². The second-order valence-electron chi connectivity index (χ2n) is 6.34. The van der Waals surface area contributed by atoms with E-state index >= 15 is 0 Å². The zero-order chi connectivity index (χ0) is 19.7. The Morgan fingerprint density at radius 2 is 1.80 bits per heavy atom. The van der Waals surface area contributed by atoms with Crippen molar-refractivity contribution in [1.29, 1.82) is 0 Å². The largest absolute Gasteiger partial charge is 0.523 e. The first kappa shape index (κ1) is 21.5. The first-order valence-electron chi connectivity index (χ1n) is 7.32. The molecule has 0 radical (unpaired) electrons. The fourth-order valence-electron chi connectivity index (χ4n) is 2.06. The third kappa shape index (κ3) is 4.97. The lowest BCUT2D eigenvalue weighted by Crippen LogP contribution is -2.70. The smallest absolute Gasteiger partial charge is 0.464 e. The minimum atomic E-state index is -5.95. The number of hydrogen-bond acceptors (Lipinski definition) is 7. The number of ether oxygens (including phenoxy) is 2. The third-order valence-corrected chi connectivity index (χ3v) is 4.29. The molecule has 0 aromatic rings. The molecule has 1 N–H and O–H groups in total. The summed E-state index contributed by atoms with van der Waals surface area (Å²) in [7, 11) is -5.95. The van der Waals surface area contributed by atoms with E-state index in [2.05, 4.69) is 9.50 Å². The third-order valence-electron chi connectivity index (χ3n) is 3.24. The van der Waals surface area contributed by atoms with E-state index < -0.39 is 44.9 Å². The van der Waals surface area contributed by atoms with Gasteiger partial charge in [-0.25, -0.2) is 9.59 Å². The Morgan fingerprint density at radius 1 is 1.24 bits per heavy atom. The lowest BCUT2D eigenvalue weighted by Gasteiger charge is -2.45. The molecule has 1 fully saturated rings. The van der Waals surface area contributed by atoms with Crippen molar-refractivity contribution in [2.24, 2.45) is 0 Å². The van der Waals surface area contributed by atoms with Crippen LogP contribution in [0, 0.1) is 0 Å². The summed E-state index contributed by atoms with van der Waals surface area (Å²) in [6, 6.07) is 0. The SMILES string of the molecule is CCOC(=O)C1(NC(=O)OC(C)(C)C)CCC1OS(=O)(=O)C(F)(F)F. The zero-order valence-corrected chi connectivity index (χ0v) is 14.9. The molecular formula is C13H20F3NO7S. The Labute approximate surface area is 143 Å². The van der Waals surface area contributed by atoms with Crippen molar-refractivity contribution in [3.05, 3.63) is 0 Å². The van der Waals surface area contributed by atoms with Gasteiger partial charge in [0.05, 0.1) is 6.61 Å². The topological polar surface area (TPSA) is 108 Å². The Kier molecular flexibility index (Phi) is 6.00. The second kappa shape index (κ2) is 6.98. The minimum absolute atomic E-state index is 0.130. The molecule has 1 amide bonds. The number of alkyl carbamates (subject to hydrolysis) is 1. The minimum Gasteiger partial charge on any atom is -0.464 e. The van der Waals surface area contributed by atoms with Gasteiger partial charge in [-0.1, -0.05) is 0 Å². The van der Waals surface area contributed by atoms with Gasteiger partial charge in [0.15, 0.2) is 5.54 Å². The van der Waals surface area contributed by atoms with Gasteiger partial charge in [-0.15, -0.1) is 0 Å². The average Bonchev–Trinajstić information content (AvgIpc) is 2.38. The van der Waals surface area contributed by atoms with Crippen molar-refractivity contribution >= 4 is 22.2 Å². The number of carbonyl (C=O) groups is 2. The quantitative estimate of drug-likeness (QED) is 0.433. The molecule has 1 aliphatic carbocycles. The standard InChI is InChI=1S/C13H20F3NO7S/c1-5-22-9(18)12(17-10(19)23-11(2,3)4)7-6-8(12)24-25(20,21)13(14,15)16/h8H,5-7H2,1-4H3,(H,17,19). The number of hydrogen-bond donors (Lipinski definition) is 1. The van der Waals surface area contributed by atoms with Crippen LogP contribution >= 0.6 is 0 Å². The first-order valence-corrected chi connectivity index (χ1v) is 8.73. The highest BCUT2D eigenvalue weighted by molar-refractivity contribution is 7.87. The van der Waals surface area contributed by atoms with Crippen molar-refractivity contribution < 1.29 is 44.8 Å². The van der Waals surface area contributed by atoms with Crippen LogP contribution in [-0.2, 0) is 28.6 Å². The maximum atomic E-state index is 12.5. The zero-order valence-electron chi connectivity index (χ0n) is 14.1. The summed E-state index contributed by atoms with van der Waals surface area (Å²) < 4.78 is 73.7. The number of esters is 1. The Hall–Kier alpha value is -1.56. The molecule has 25 heavy (non-hydrogen) atoms. The van der Waals surface area contributed by atoms with Gasteiger partial charge in [-0.2, -0.15) is 21.6 Å². The molecule has 0 heterocycles. The lowest BCUT2D eigenvalue weighted by atomic mass is 9.73. The summed E-state index contributed by atoms with van der Waals surface area (Å²) in [6.07, 6.45) is -3.24. The number of carbonyl (C=O) groups excluding carboxylic acids is 2. The van der Waals surface area contributed by atoms with Gasteiger partial charge in [0.25, 0.3) is 0 Å². The van der Waals surface area contributed by atoms with Gasteiger partial charge in [-0.05, 0) is 40.5 Å². The summed E-state index contributed by atoms with van der Waals surface area (Å²) in [6.45, 7) is 5.92. The Morgan fingerprint density at radius 3 is 2.16 bits per heavy atom. The van der Waals surface area contributed by atoms with Gasteiger partial charge in [-0.3, -0.25) is 4.18 Å². The van der Waals surface area contributed by atoms with E-state index in [-0.39, 0.29) is 19.4 Å². The van der Waals surface area contributed by atoms with Crippen LogP contribution in [0.25, 0.3) is 0 Å². The highest BCUT2D eigenvalue weighted by Gasteiger charge is 2.61. The molecule has 0 aliphatic heterocycles. The number of alkyl halides is 3. The summed E-state index contributed by atoms with van der Waals surface area (Å²) in [5.41, 5.74) is -8.68. The molecule has 2 atom stereocenters. The molecule has 0 aromatic carbocycles. The molecule has 1 rings (SSSR count). The molecule has 12 heteroatoms. The van der Waals surface area contributed by atoms with Crippen LogP contribution in [0.5, 0.6) is 0 Å². The van der Waals surface area contributed by atoms with E-state index in [1.807, 2.05) is 0 Å². The summed E-state index contributed by atoms with van der Waals surface area (Å²) in [5.74, 6) is -1.10. The molecule has 0 saturated heterocycles. The van der Waals surface area contributed by atoms with Crippen LogP contribution in [0.3, 0.4) is 0 Å². The van der Waals surface area contributed by atoms with E-state index in [0.29, 0.717) is 0 Å². The van der Waals surface area contributed by atoms with Gasteiger partial charge in [0.1, 0.15) is 11.7 Å². The Balaban J connectivity index is 3.06. The van der Waals surface area contributed by atoms with Crippen LogP contribution < -0.4 is 5.32 Å². The molecular weight excluding hydrogens is 371 g/mol. The molecule has 1 saturated carbocycles. The van der Waals surface area contributed by atoms with E-state index in [9.17, 15) is 31.2 Å². The van der Waals surface area contributed by atoms with Crippen LogP contribution in [0.1, 0.15) is 40.5 Å². The fraction of sp³-hybridized carbons (Fsp3) is 0.846. The van der Waals surface area contributed by atoms with Gasteiger partial charge < -0.3 is 14.8 Å². The van der Waals surface area contributed by atoms with E-state index in [0.717, 1.165) is 0 Å². The van der Waals surface area contributed by atoms with Gasteiger partial charge >= 0.3 is 27.7 Å². The monoisotopic (exact) mass is 391 g/mol. The summed E-state index contributed by atoms with van der Waals surface area (Å²) in [4.78, 5) is 24.1.